The molecule has 0 radical (unpaired) electrons. The molecule has 1 fully saturated rings. The second-order valence-electron chi connectivity index (χ2n) is 6.86. The topological polar surface area (TPSA) is 61.9 Å². The standard InChI is InChI=1S/C21H33N3O3/c1-4-18(17-10-7-8-11-19(17)27-6-3)22-20(25)16-23-12-9-13-24(15-14-23)21(26)5-2/h7-8,10-11,18H,4-6,9,12-16H2,1-3H3,(H,22,25). The van der Waals surface area contributed by atoms with Crippen molar-refractivity contribution >= 4 is 11.8 Å². The molecule has 1 heterocycles. The lowest BCUT2D eigenvalue weighted by Gasteiger charge is -2.24. The van der Waals surface area contributed by atoms with Crippen molar-refractivity contribution < 1.29 is 14.3 Å². The molecule has 0 saturated carbocycles. The van der Waals surface area contributed by atoms with Crippen LogP contribution in [0.5, 0.6) is 5.75 Å². The van der Waals surface area contributed by atoms with Gasteiger partial charge in [0.25, 0.3) is 0 Å². The van der Waals surface area contributed by atoms with Gasteiger partial charge in [-0.25, -0.2) is 0 Å². The third-order valence-corrected chi connectivity index (χ3v) is 4.95. The van der Waals surface area contributed by atoms with Gasteiger partial charge < -0.3 is 15.0 Å². The van der Waals surface area contributed by atoms with Crippen molar-refractivity contribution in [2.45, 2.75) is 46.1 Å². The Labute approximate surface area is 162 Å². The zero-order chi connectivity index (χ0) is 19.6. The van der Waals surface area contributed by atoms with Crippen molar-refractivity contribution in [1.82, 2.24) is 15.1 Å². The van der Waals surface area contributed by atoms with E-state index in [1.807, 2.05) is 43.0 Å². The highest BCUT2D eigenvalue weighted by molar-refractivity contribution is 5.79. The fourth-order valence-electron chi connectivity index (χ4n) is 3.50. The maximum absolute atomic E-state index is 12.6. The van der Waals surface area contributed by atoms with Gasteiger partial charge in [0.15, 0.2) is 0 Å². The van der Waals surface area contributed by atoms with Crippen LogP contribution in [-0.4, -0.2) is 60.9 Å². The Bertz CT molecular complexity index is 620. The van der Waals surface area contributed by atoms with E-state index in [1.54, 1.807) is 0 Å². The zero-order valence-electron chi connectivity index (χ0n) is 16.9. The first-order chi connectivity index (χ1) is 13.1. The summed E-state index contributed by atoms with van der Waals surface area (Å²) in [5.41, 5.74) is 1.02. The number of nitrogens with one attached hydrogen (secondary N) is 1. The molecule has 27 heavy (non-hydrogen) atoms. The van der Waals surface area contributed by atoms with Crippen LogP contribution in [0, 0.1) is 0 Å². The number of amides is 2. The Balaban J connectivity index is 1.93. The summed E-state index contributed by atoms with van der Waals surface area (Å²) in [5, 5.41) is 3.15. The Hall–Kier alpha value is -2.08. The van der Waals surface area contributed by atoms with Gasteiger partial charge in [0, 0.05) is 38.2 Å². The molecule has 150 valence electrons. The third kappa shape index (κ3) is 6.24. The smallest absolute Gasteiger partial charge is 0.234 e. The Kier molecular flexibility index (Phi) is 8.58. The monoisotopic (exact) mass is 375 g/mol. The number of para-hydroxylation sites is 1. The molecule has 1 N–H and O–H groups in total. The fraction of sp³-hybridized carbons (Fsp3) is 0.619. The highest BCUT2D eigenvalue weighted by Crippen LogP contribution is 2.27. The maximum atomic E-state index is 12.6. The summed E-state index contributed by atoms with van der Waals surface area (Å²) in [6.07, 6.45) is 2.25. The number of carbonyl (C=O) groups excluding carboxylic acids is 2. The molecule has 0 bridgehead atoms. The molecule has 1 aromatic rings. The summed E-state index contributed by atoms with van der Waals surface area (Å²) in [6, 6.07) is 7.82. The van der Waals surface area contributed by atoms with Gasteiger partial charge in [0.1, 0.15) is 5.75 Å². The Morgan fingerprint density at radius 3 is 2.59 bits per heavy atom. The van der Waals surface area contributed by atoms with Gasteiger partial charge in [-0.05, 0) is 25.8 Å². The van der Waals surface area contributed by atoms with Gasteiger partial charge in [0.05, 0.1) is 19.2 Å². The van der Waals surface area contributed by atoms with E-state index in [1.165, 1.54) is 0 Å². The molecule has 6 heteroatoms. The summed E-state index contributed by atoms with van der Waals surface area (Å²) in [5.74, 6) is 1.04. The summed E-state index contributed by atoms with van der Waals surface area (Å²) in [7, 11) is 0. The number of carbonyl (C=O) groups is 2. The predicted octanol–water partition coefficient (Wildman–Crippen LogP) is 2.60. The van der Waals surface area contributed by atoms with Crippen LogP contribution in [0.1, 0.15) is 51.6 Å². The molecule has 2 amide bonds. The van der Waals surface area contributed by atoms with Crippen molar-refractivity contribution in [3.63, 3.8) is 0 Å². The van der Waals surface area contributed by atoms with E-state index in [4.69, 9.17) is 4.74 Å². The number of rotatable bonds is 8. The van der Waals surface area contributed by atoms with E-state index in [9.17, 15) is 9.59 Å². The third-order valence-electron chi connectivity index (χ3n) is 4.95. The van der Waals surface area contributed by atoms with Crippen molar-refractivity contribution in [3.8, 4) is 5.75 Å². The van der Waals surface area contributed by atoms with Crippen LogP contribution in [0.3, 0.4) is 0 Å². The van der Waals surface area contributed by atoms with Gasteiger partial charge in [-0.2, -0.15) is 0 Å². The van der Waals surface area contributed by atoms with Crippen molar-refractivity contribution in [2.75, 3.05) is 39.3 Å². The summed E-state index contributed by atoms with van der Waals surface area (Å²) >= 11 is 0. The van der Waals surface area contributed by atoms with E-state index in [-0.39, 0.29) is 17.9 Å². The van der Waals surface area contributed by atoms with E-state index in [0.717, 1.165) is 43.8 Å². The minimum atomic E-state index is -0.0644. The molecule has 0 aromatic heterocycles. The van der Waals surface area contributed by atoms with Crippen LogP contribution in [0.4, 0.5) is 0 Å². The molecule has 1 saturated heterocycles. The van der Waals surface area contributed by atoms with Crippen molar-refractivity contribution in [2.24, 2.45) is 0 Å². The quantitative estimate of drug-likeness (QED) is 0.759. The van der Waals surface area contributed by atoms with Crippen LogP contribution < -0.4 is 10.1 Å². The highest BCUT2D eigenvalue weighted by atomic mass is 16.5. The molecule has 1 unspecified atom stereocenters. The number of nitrogens with zero attached hydrogens (tertiary/aromatic N) is 2. The predicted molar refractivity (Wildman–Crippen MR) is 107 cm³/mol. The fourth-order valence-corrected chi connectivity index (χ4v) is 3.50. The number of hydrogen-bond donors (Lipinski definition) is 1. The Morgan fingerprint density at radius 2 is 1.89 bits per heavy atom. The van der Waals surface area contributed by atoms with Gasteiger partial charge in [-0.1, -0.05) is 32.0 Å². The lowest BCUT2D eigenvalue weighted by Crippen LogP contribution is -2.41. The molecule has 1 aliphatic rings. The van der Waals surface area contributed by atoms with Gasteiger partial charge >= 0.3 is 0 Å². The number of ether oxygens (including phenoxy) is 1. The van der Waals surface area contributed by atoms with Crippen LogP contribution in [0.2, 0.25) is 0 Å². The lowest BCUT2D eigenvalue weighted by molar-refractivity contribution is -0.130. The zero-order valence-corrected chi connectivity index (χ0v) is 16.9. The van der Waals surface area contributed by atoms with E-state index in [2.05, 4.69) is 17.1 Å². The summed E-state index contributed by atoms with van der Waals surface area (Å²) in [4.78, 5) is 28.6. The molecular weight excluding hydrogens is 342 g/mol. The van der Waals surface area contributed by atoms with Crippen molar-refractivity contribution in [3.05, 3.63) is 29.8 Å². The molecule has 1 aliphatic heterocycles. The molecule has 1 aromatic carbocycles. The van der Waals surface area contributed by atoms with E-state index >= 15 is 0 Å². The van der Waals surface area contributed by atoms with Gasteiger partial charge in [-0.15, -0.1) is 0 Å². The minimum absolute atomic E-state index is 0.0171. The first-order valence-electron chi connectivity index (χ1n) is 10.1. The molecule has 2 rings (SSSR count). The first-order valence-corrected chi connectivity index (χ1v) is 10.1. The maximum Gasteiger partial charge on any atom is 0.234 e. The second kappa shape index (κ2) is 10.9. The van der Waals surface area contributed by atoms with Crippen LogP contribution >= 0.6 is 0 Å². The summed E-state index contributed by atoms with van der Waals surface area (Å²) in [6.45, 7) is 9.94. The largest absolute Gasteiger partial charge is 0.494 e. The van der Waals surface area contributed by atoms with Crippen LogP contribution in [0.25, 0.3) is 0 Å². The molecule has 1 atom stereocenters. The average Bonchev–Trinajstić information content (AvgIpc) is 2.92. The van der Waals surface area contributed by atoms with Gasteiger partial charge in [0.2, 0.25) is 11.8 Å². The number of benzene rings is 1. The van der Waals surface area contributed by atoms with Crippen molar-refractivity contribution in [1.29, 1.82) is 0 Å². The summed E-state index contributed by atoms with van der Waals surface area (Å²) < 4.78 is 5.71. The number of hydrogen-bond acceptors (Lipinski definition) is 4. The normalized spacial score (nSPS) is 16.5. The molecule has 0 spiro atoms. The lowest BCUT2D eigenvalue weighted by atomic mass is 10.0. The Morgan fingerprint density at radius 1 is 1.11 bits per heavy atom. The second-order valence-corrected chi connectivity index (χ2v) is 6.86. The first kappa shape index (κ1) is 21.2. The molecular formula is C21H33N3O3. The van der Waals surface area contributed by atoms with E-state index < -0.39 is 0 Å². The molecule has 0 aliphatic carbocycles. The highest BCUT2D eigenvalue weighted by Gasteiger charge is 2.21. The average molecular weight is 376 g/mol. The van der Waals surface area contributed by atoms with Gasteiger partial charge in [-0.3, -0.25) is 14.5 Å². The molecule has 6 nitrogen and oxygen atoms in total. The van der Waals surface area contributed by atoms with E-state index in [0.29, 0.717) is 26.1 Å². The SMILES string of the molecule is CCOc1ccccc1C(CC)NC(=O)CN1CCCN(C(=O)CC)CC1. The van der Waals surface area contributed by atoms with Crippen LogP contribution in [-0.2, 0) is 9.59 Å². The van der Waals surface area contributed by atoms with Crippen LogP contribution in [0.15, 0.2) is 24.3 Å². The minimum Gasteiger partial charge on any atom is -0.494 e.